The lowest BCUT2D eigenvalue weighted by Gasteiger charge is -2.15. The Balaban J connectivity index is 1.45. The Bertz CT molecular complexity index is 1380. The van der Waals surface area contributed by atoms with E-state index < -0.39 is 18.2 Å². The number of carboxylic acids is 1. The van der Waals surface area contributed by atoms with Crippen molar-refractivity contribution >= 4 is 29.4 Å². The highest BCUT2D eigenvalue weighted by Gasteiger charge is 2.20. The number of hydrogen-bond donors (Lipinski definition) is 2. The molecule has 0 aliphatic heterocycles. The molecule has 1 unspecified atom stereocenters. The Morgan fingerprint density at radius 3 is 2.53 bits per heavy atom. The Hall–Kier alpha value is -4.30. The number of hydrogen-bond acceptors (Lipinski definition) is 6. The molecular formula is C27H23ClN2O6. The molecule has 3 aromatic carbocycles. The van der Waals surface area contributed by atoms with Gasteiger partial charge in [-0.05, 0) is 61.9 Å². The van der Waals surface area contributed by atoms with Crippen molar-refractivity contribution in [1.29, 1.82) is 0 Å². The molecule has 4 rings (SSSR count). The van der Waals surface area contributed by atoms with Gasteiger partial charge < -0.3 is 19.1 Å². The summed E-state index contributed by atoms with van der Waals surface area (Å²) in [6.45, 7) is 3.42. The number of nitrogens with one attached hydrogen (secondary N) is 1. The summed E-state index contributed by atoms with van der Waals surface area (Å²) < 4.78 is 16.7. The molecule has 9 heteroatoms. The summed E-state index contributed by atoms with van der Waals surface area (Å²) in [5, 5.41) is 16.3. The molecule has 2 N–H and O–H groups in total. The maximum atomic E-state index is 12.6. The van der Waals surface area contributed by atoms with Crippen molar-refractivity contribution in [3.8, 4) is 22.8 Å². The zero-order chi connectivity index (χ0) is 25.7. The highest BCUT2D eigenvalue weighted by Crippen LogP contribution is 2.33. The Morgan fingerprint density at radius 2 is 1.81 bits per heavy atom. The Morgan fingerprint density at radius 1 is 1.06 bits per heavy atom. The topological polar surface area (TPSA) is 111 Å². The summed E-state index contributed by atoms with van der Waals surface area (Å²) in [7, 11) is 0. The third-order valence-corrected chi connectivity index (χ3v) is 5.68. The van der Waals surface area contributed by atoms with Crippen LogP contribution in [0.1, 0.15) is 29.9 Å². The molecule has 1 heterocycles. The van der Waals surface area contributed by atoms with E-state index in [9.17, 15) is 9.59 Å². The molecule has 0 saturated carbocycles. The van der Waals surface area contributed by atoms with Gasteiger partial charge in [-0.1, -0.05) is 47.1 Å². The van der Waals surface area contributed by atoms with Gasteiger partial charge in [0.25, 0.3) is 0 Å². The number of amides is 1. The summed E-state index contributed by atoms with van der Waals surface area (Å²) >= 11 is 6.20. The molecular weight excluding hydrogens is 484 g/mol. The normalized spacial score (nSPS) is 11.5. The average molecular weight is 507 g/mol. The minimum absolute atomic E-state index is 0.0863. The standard InChI is InChI=1S/C27H23ClN2O6/c1-16(22-8-3-4-9-23(22)28)34-27(33)29-25-17(2)36-30-26(25)19-10-12-20(13-11-19)35-21-7-5-6-18(14-21)15-24(31)32/h3-14,16H,15H2,1-2H3,(H,29,33)(H,31,32). The predicted molar refractivity (Wildman–Crippen MR) is 135 cm³/mol. The zero-order valence-electron chi connectivity index (χ0n) is 19.5. The molecule has 36 heavy (non-hydrogen) atoms. The van der Waals surface area contributed by atoms with Gasteiger partial charge in [0, 0.05) is 16.1 Å². The summed E-state index contributed by atoms with van der Waals surface area (Å²) in [5.41, 5.74) is 2.85. The minimum Gasteiger partial charge on any atom is -0.481 e. The van der Waals surface area contributed by atoms with Crippen molar-refractivity contribution in [1.82, 2.24) is 5.16 Å². The van der Waals surface area contributed by atoms with E-state index in [4.69, 9.17) is 30.7 Å². The number of carboxylic acid groups (broad SMARTS) is 1. The third-order valence-electron chi connectivity index (χ3n) is 5.33. The Kier molecular flexibility index (Phi) is 7.56. The fourth-order valence-electron chi connectivity index (χ4n) is 3.59. The van der Waals surface area contributed by atoms with Gasteiger partial charge in [-0.25, -0.2) is 4.79 Å². The van der Waals surface area contributed by atoms with E-state index in [1.165, 1.54) is 0 Å². The van der Waals surface area contributed by atoms with E-state index in [0.717, 1.165) is 0 Å². The van der Waals surface area contributed by atoms with Gasteiger partial charge in [-0.3, -0.25) is 10.1 Å². The van der Waals surface area contributed by atoms with Crippen molar-refractivity contribution in [3.05, 3.63) is 94.7 Å². The Labute approximate surface area is 212 Å². The number of carbonyl (C=O) groups is 2. The number of aliphatic carboxylic acids is 1. The molecule has 0 aliphatic rings. The lowest BCUT2D eigenvalue weighted by atomic mass is 10.1. The molecule has 0 bridgehead atoms. The number of aryl methyl sites for hydroxylation is 1. The van der Waals surface area contributed by atoms with E-state index in [2.05, 4.69) is 10.5 Å². The molecule has 0 aliphatic carbocycles. The first kappa shape index (κ1) is 24.8. The van der Waals surface area contributed by atoms with Gasteiger partial charge in [0.1, 0.15) is 29.0 Å². The largest absolute Gasteiger partial charge is 0.481 e. The van der Waals surface area contributed by atoms with Crippen LogP contribution < -0.4 is 10.1 Å². The van der Waals surface area contributed by atoms with Crippen LogP contribution in [0, 0.1) is 6.92 Å². The molecule has 0 saturated heterocycles. The number of halogens is 1. The quantitative estimate of drug-likeness (QED) is 0.264. The van der Waals surface area contributed by atoms with E-state index in [1.54, 1.807) is 80.6 Å². The van der Waals surface area contributed by atoms with E-state index in [1.807, 2.05) is 6.07 Å². The number of benzene rings is 3. The number of nitrogens with zero attached hydrogens (tertiary/aromatic N) is 1. The second-order valence-electron chi connectivity index (χ2n) is 8.00. The first-order chi connectivity index (χ1) is 17.3. The SMILES string of the molecule is Cc1onc(-c2ccc(Oc3cccc(CC(=O)O)c3)cc2)c1NC(=O)OC(C)c1ccccc1Cl. The van der Waals surface area contributed by atoms with Crippen molar-refractivity contribution < 1.29 is 28.7 Å². The van der Waals surface area contributed by atoms with Crippen LogP contribution in [0.15, 0.2) is 77.3 Å². The average Bonchev–Trinajstić information content (AvgIpc) is 3.19. The molecule has 1 aromatic heterocycles. The van der Waals surface area contributed by atoms with Crippen LogP contribution >= 0.6 is 11.6 Å². The van der Waals surface area contributed by atoms with Crippen LogP contribution in [0.3, 0.4) is 0 Å². The van der Waals surface area contributed by atoms with E-state index in [0.29, 0.717) is 50.4 Å². The minimum atomic E-state index is -0.911. The highest BCUT2D eigenvalue weighted by atomic mass is 35.5. The van der Waals surface area contributed by atoms with E-state index >= 15 is 0 Å². The third kappa shape index (κ3) is 6.03. The van der Waals surface area contributed by atoms with E-state index in [-0.39, 0.29) is 6.42 Å². The second-order valence-corrected chi connectivity index (χ2v) is 8.41. The molecule has 184 valence electrons. The zero-order valence-corrected chi connectivity index (χ0v) is 20.3. The van der Waals surface area contributed by atoms with Crippen molar-refractivity contribution in [2.75, 3.05) is 5.32 Å². The maximum absolute atomic E-state index is 12.6. The number of carbonyl (C=O) groups excluding carboxylic acids is 1. The summed E-state index contributed by atoms with van der Waals surface area (Å²) in [6.07, 6.45) is -1.32. The van der Waals surface area contributed by atoms with Gasteiger partial charge in [0.05, 0.1) is 6.42 Å². The van der Waals surface area contributed by atoms with Crippen LogP contribution in [0.25, 0.3) is 11.3 Å². The maximum Gasteiger partial charge on any atom is 0.412 e. The van der Waals surface area contributed by atoms with Crippen molar-refractivity contribution in [3.63, 3.8) is 0 Å². The van der Waals surface area contributed by atoms with Crippen molar-refractivity contribution in [2.45, 2.75) is 26.4 Å². The van der Waals surface area contributed by atoms with Gasteiger partial charge >= 0.3 is 12.1 Å². The first-order valence-electron chi connectivity index (χ1n) is 11.1. The number of aromatic nitrogens is 1. The fourth-order valence-corrected chi connectivity index (χ4v) is 3.88. The smallest absolute Gasteiger partial charge is 0.412 e. The number of ether oxygens (including phenoxy) is 2. The lowest BCUT2D eigenvalue weighted by molar-refractivity contribution is -0.136. The first-order valence-corrected chi connectivity index (χ1v) is 11.5. The van der Waals surface area contributed by atoms with Gasteiger partial charge in [0.15, 0.2) is 5.76 Å². The highest BCUT2D eigenvalue weighted by molar-refractivity contribution is 6.31. The van der Waals surface area contributed by atoms with Gasteiger partial charge in [-0.15, -0.1) is 0 Å². The van der Waals surface area contributed by atoms with Crippen LogP contribution in [0.5, 0.6) is 11.5 Å². The fraction of sp³-hybridized carbons (Fsp3) is 0.148. The summed E-state index contributed by atoms with van der Waals surface area (Å²) in [6, 6.07) is 21.1. The molecule has 0 spiro atoms. The summed E-state index contributed by atoms with van der Waals surface area (Å²) in [5.74, 6) is 0.583. The van der Waals surface area contributed by atoms with Crippen molar-refractivity contribution in [2.24, 2.45) is 0 Å². The van der Waals surface area contributed by atoms with Crippen LogP contribution in [-0.2, 0) is 16.0 Å². The molecule has 1 amide bonds. The van der Waals surface area contributed by atoms with Crippen LogP contribution in [0.2, 0.25) is 5.02 Å². The monoisotopic (exact) mass is 506 g/mol. The predicted octanol–water partition coefficient (Wildman–Crippen LogP) is 7.03. The number of rotatable bonds is 8. The molecule has 1 atom stereocenters. The number of anilines is 1. The summed E-state index contributed by atoms with van der Waals surface area (Å²) in [4.78, 5) is 23.5. The molecule has 8 nitrogen and oxygen atoms in total. The van der Waals surface area contributed by atoms with Crippen LogP contribution in [0.4, 0.5) is 10.5 Å². The van der Waals surface area contributed by atoms with Gasteiger partial charge in [0.2, 0.25) is 0 Å². The van der Waals surface area contributed by atoms with Gasteiger partial charge in [-0.2, -0.15) is 0 Å². The van der Waals surface area contributed by atoms with Crippen LogP contribution in [-0.4, -0.2) is 22.3 Å². The molecule has 0 radical (unpaired) electrons. The molecule has 0 fully saturated rings. The lowest BCUT2D eigenvalue weighted by Crippen LogP contribution is -2.17. The molecule has 4 aromatic rings. The second kappa shape index (κ2) is 11.0.